The van der Waals surface area contributed by atoms with Gasteiger partial charge in [-0.25, -0.2) is 4.39 Å². The molecule has 1 atom stereocenters. The fourth-order valence-corrected chi connectivity index (χ4v) is 3.90. The normalized spacial score (nSPS) is 12.0. The van der Waals surface area contributed by atoms with Gasteiger partial charge in [-0.05, 0) is 56.4 Å². The van der Waals surface area contributed by atoms with Crippen molar-refractivity contribution in [2.75, 3.05) is 11.1 Å². The quantitative estimate of drug-likeness (QED) is 0.560. The van der Waals surface area contributed by atoms with E-state index in [0.29, 0.717) is 32.9 Å². The van der Waals surface area contributed by atoms with Crippen molar-refractivity contribution < 1.29 is 8.81 Å². The van der Waals surface area contributed by atoms with Crippen LogP contribution in [0.4, 0.5) is 10.1 Å². The molecule has 0 aliphatic carbocycles. The highest BCUT2D eigenvalue weighted by Gasteiger charge is 2.19. The van der Waals surface area contributed by atoms with Gasteiger partial charge < -0.3 is 9.73 Å². The highest BCUT2D eigenvalue weighted by Crippen LogP contribution is 2.32. The minimum atomic E-state index is -0.424. The van der Waals surface area contributed by atoms with E-state index >= 15 is 0 Å². The van der Waals surface area contributed by atoms with Crippen LogP contribution >= 0.6 is 11.8 Å². The van der Waals surface area contributed by atoms with E-state index in [9.17, 15) is 14.4 Å². The molecule has 0 unspecified atom stereocenters. The Morgan fingerprint density at radius 1 is 1.29 bits per heavy atom. The second-order valence-electron chi connectivity index (χ2n) is 6.68. The number of hydrogen-bond acceptors (Lipinski definition) is 5. The first-order valence-corrected chi connectivity index (χ1v) is 10.0. The molecule has 0 saturated carbocycles. The van der Waals surface area contributed by atoms with Crippen LogP contribution in [0.1, 0.15) is 42.1 Å². The first kappa shape index (κ1) is 20.0. The second-order valence-corrected chi connectivity index (χ2v) is 7.91. The third-order valence-electron chi connectivity index (χ3n) is 4.56. The van der Waals surface area contributed by atoms with Gasteiger partial charge >= 0.3 is 0 Å². The van der Waals surface area contributed by atoms with Crippen LogP contribution in [0.15, 0.2) is 44.6 Å². The van der Waals surface area contributed by atoms with Gasteiger partial charge in [-0.3, -0.25) is 4.79 Å². The van der Waals surface area contributed by atoms with Crippen LogP contribution in [0.5, 0.6) is 0 Å². The van der Waals surface area contributed by atoms with Crippen LogP contribution in [0.25, 0.3) is 11.0 Å². The summed E-state index contributed by atoms with van der Waals surface area (Å²) in [5, 5.41) is 13.6. The predicted octanol–water partition coefficient (Wildman–Crippen LogP) is 5.71. The molecule has 0 spiro atoms. The summed E-state index contributed by atoms with van der Waals surface area (Å²) in [6.07, 6.45) is 0. The van der Waals surface area contributed by atoms with E-state index in [-0.39, 0.29) is 11.5 Å². The van der Waals surface area contributed by atoms with Gasteiger partial charge in [-0.2, -0.15) is 5.26 Å². The molecule has 2 aromatic carbocycles. The van der Waals surface area contributed by atoms with Crippen molar-refractivity contribution in [3.8, 4) is 6.07 Å². The number of nitrogens with zero attached hydrogens (tertiary/aromatic N) is 1. The Hall–Kier alpha value is -2.78. The Labute approximate surface area is 167 Å². The molecule has 6 heteroatoms. The summed E-state index contributed by atoms with van der Waals surface area (Å²) < 4.78 is 19.8. The zero-order chi connectivity index (χ0) is 20.4. The standard InChI is InChI=1S/C22H21FN2O2S/c1-5-28-22-13(3)20(26)18-9-12(2)8-17(21(18)27-22)14(4)25-19-10-16(23)7-6-15(19)11-24/h6-10,14,25H,5H2,1-4H3/t14-/m1/s1. The van der Waals surface area contributed by atoms with Crippen molar-refractivity contribution in [2.24, 2.45) is 0 Å². The van der Waals surface area contributed by atoms with E-state index in [1.807, 2.05) is 32.9 Å². The van der Waals surface area contributed by atoms with Crippen LogP contribution in [0.2, 0.25) is 0 Å². The predicted molar refractivity (Wildman–Crippen MR) is 112 cm³/mol. The monoisotopic (exact) mass is 396 g/mol. The lowest BCUT2D eigenvalue weighted by Crippen LogP contribution is -2.13. The van der Waals surface area contributed by atoms with Crippen molar-refractivity contribution in [1.29, 1.82) is 5.26 Å². The molecule has 1 N–H and O–H groups in total. The highest BCUT2D eigenvalue weighted by atomic mass is 32.2. The average Bonchev–Trinajstić information content (AvgIpc) is 2.66. The van der Waals surface area contributed by atoms with Gasteiger partial charge in [0.15, 0.2) is 10.5 Å². The van der Waals surface area contributed by atoms with E-state index in [0.717, 1.165) is 16.9 Å². The summed E-state index contributed by atoms with van der Waals surface area (Å²) in [5.41, 5.74) is 3.56. The van der Waals surface area contributed by atoms with Gasteiger partial charge in [0.2, 0.25) is 0 Å². The number of aryl methyl sites for hydroxylation is 1. The van der Waals surface area contributed by atoms with Gasteiger partial charge in [0.25, 0.3) is 0 Å². The molecule has 4 nitrogen and oxygen atoms in total. The number of nitrogens with one attached hydrogen (secondary N) is 1. The molecule has 28 heavy (non-hydrogen) atoms. The number of fused-ring (bicyclic) bond motifs is 1. The molecule has 144 valence electrons. The van der Waals surface area contributed by atoms with Crippen LogP contribution < -0.4 is 10.7 Å². The Kier molecular flexibility index (Phi) is 5.76. The third-order valence-corrected chi connectivity index (χ3v) is 5.50. The topological polar surface area (TPSA) is 66.0 Å². The minimum absolute atomic E-state index is 0.0437. The minimum Gasteiger partial charge on any atom is -0.449 e. The molecule has 1 aromatic heterocycles. The maximum absolute atomic E-state index is 13.7. The fourth-order valence-electron chi connectivity index (χ4n) is 3.18. The summed E-state index contributed by atoms with van der Waals surface area (Å²) >= 11 is 1.49. The molecule has 0 fully saturated rings. The number of thioether (sulfide) groups is 1. The molecule has 3 rings (SSSR count). The molecule has 0 amide bonds. The van der Waals surface area contributed by atoms with E-state index in [1.54, 1.807) is 6.92 Å². The second kappa shape index (κ2) is 8.07. The lowest BCUT2D eigenvalue weighted by atomic mass is 10.00. The number of nitriles is 1. The third kappa shape index (κ3) is 3.76. The number of rotatable bonds is 5. The smallest absolute Gasteiger partial charge is 0.196 e. The van der Waals surface area contributed by atoms with Crippen LogP contribution in [-0.4, -0.2) is 5.75 Å². The van der Waals surface area contributed by atoms with Crippen LogP contribution in [0.3, 0.4) is 0 Å². The Morgan fingerprint density at radius 2 is 2.04 bits per heavy atom. The van der Waals surface area contributed by atoms with Crippen molar-refractivity contribution in [1.82, 2.24) is 0 Å². The molecule has 0 aliphatic heterocycles. The summed E-state index contributed by atoms with van der Waals surface area (Å²) in [7, 11) is 0. The number of benzene rings is 2. The van der Waals surface area contributed by atoms with Crippen molar-refractivity contribution >= 4 is 28.4 Å². The first-order valence-electron chi connectivity index (χ1n) is 9.02. The molecule has 0 radical (unpaired) electrons. The molecule has 3 aromatic rings. The van der Waals surface area contributed by atoms with Gasteiger partial charge in [-0.1, -0.05) is 24.8 Å². The molecule has 1 heterocycles. The van der Waals surface area contributed by atoms with Gasteiger partial charge in [0.05, 0.1) is 22.7 Å². The highest BCUT2D eigenvalue weighted by molar-refractivity contribution is 7.99. The maximum atomic E-state index is 13.7. The lowest BCUT2D eigenvalue weighted by Gasteiger charge is -2.19. The molecular formula is C22H21FN2O2S. The average molecular weight is 396 g/mol. The SMILES string of the molecule is CCSc1oc2c([C@@H](C)Nc3cc(F)ccc3C#N)cc(C)cc2c(=O)c1C. The Morgan fingerprint density at radius 3 is 2.71 bits per heavy atom. The zero-order valence-electron chi connectivity index (χ0n) is 16.2. The molecule has 0 saturated heterocycles. The summed E-state index contributed by atoms with van der Waals surface area (Å²) in [4.78, 5) is 12.9. The first-order chi connectivity index (χ1) is 13.3. The summed E-state index contributed by atoms with van der Waals surface area (Å²) in [6, 6.07) is 9.53. The Bertz CT molecular complexity index is 1150. The molecule has 0 aliphatic rings. The maximum Gasteiger partial charge on any atom is 0.196 e. The van der Waals surface area contributed by atoms with E-state index in [2.05, 4.69) is 11.4 Å². The molecule has 0 bridgehead atoms. The van der Waals surface area contributed by atoms with Gasteiger partial charge in [0.1, 0.15) is 17.5 Å². The fraction of sp³-hybridized carbons (Fsp3) is 0.273. The van der Waals surface area contributed by atoms with Crippen molar-refractivity contribution in [3.05, 3.63) is 68.6 Å². The van der Waals surface area contributed by atoms with E-state index in [1.165, 1.54) is 30.0 Å². The van der Waals surface area contributed by atoms with Crippen LogP contribution in [-0.2, 0) is 0 Å². The Balaban J connectivity index is 2.16. The summed E-state index contributed by atoms with van der Waals surface area (Å²) in [5.74, 6) is 0.366. The van der Waals surface area contributed by atoms with Crippen molar-refractivity contribution in [2.45, 2.75) is 38.8 Å². The number of hydrogen-bond donors (Lipinski definition) is 1. The van der Waals surface area contributed by atoms with E-state index < -0.39 is 5.82 Å². The van der Waals surface area contributed by atoms with E-state index in [4.69, 9.17) is 4.42 Å². The van der Waals surface area contributed by atoms with Gasteiger partial charge in [0, 0.05) is 11.1 Å². The number of halogens is 1. The largest absolute Gasteiger partial charge is 0.449 e. The zero-order valence-corrected chi connectivity index (χ0v) is 17.0. The summed E-state index contributed by atoms with van der Waals surface area (Å²) in [6.45, 7) is 7.59. The van der Waals surface area contributed by atoms with Gasteiger partial charge in [-0.15, -0.1) is 0 Å². The molecular weight excluding hydrogens is 375 g/mol. The van der Waals surface area contributed by atoms with Crippen LogP contribution in [0, 0.1) is 31.0 Å². The van der Waals surface area contributed by atoms with Crippen molar-refractivity contribution in [3.63, 3.8) is 0 Å². The number of anilines is 1. The lowest BCUT2D eigenvalue weighted by molar-refractivity contribution is 0.488.